The molecule has 7 nitrogen and oxygen atoms in total. The zero-order valence-electron chi connectivity index (χ0n) is 17.8. The van der Waals surface area contributed by atoms with E-state index in [4.69, 9.17) is 19.1 Å². The Labute approximate surface area is 176 Å². The molecule has 0 bridgehead atoms. The molecule has 1 aliphatic carbocycles. The van der Waals surface area contributed by atoms with E-state index in [0.717, 1.165) is 29.0 Å². The van der Waals surface area contributed by atoms with Crippen LogP contribution in [-0.4, -0.2) is 33.0 Å². The topological polar surface area (TPSA) is 78.4 Å². The molecule has 1 saturated carbocycles. The number of rotatable bonds is 10. The highest BCUT2D eigenvalue weighted by Crippen LogP contribution is 2.48. The number of benzene rings is 2. The van der Waals surface area contributed by atoms with Crippen molar-refractivity contribution in [3.05, 3.63) is 65.2 Å². The lowest BCUT2D eigenvalue weighted by molar-refractivity contribution is -0.147. The number of hydrogen-bond acceptors (Lipinski definition) is 7. The van der Waals surface area contributed by atoms with Crippen LogP contribution in [0.2, 0.25) is 0 Å². The van der Waals surface area contributed by atoms with Gasteiger partial charge in [-0.2, -0.15) is 5.48 Å². The molecule has 0 aromatic heterocycles. The molecule has 2 aromatic carbocycles. The molecule has 3 unspecified atom stereocenters. The molecule has 1 N–H and O–H groups in total. The van der Waals surface area contributed by atoms with Crippen molar-refractivity contribution in [2.45, 2.75) is 31.9 Å². The second-order valence-corrected chi connectivity index (χ2v) is 7.20. The molecule has 0 aliphatic heterocycles. The van der Waals surface area contributed by atoms with Crippen molar-refractivity contribution < 1.29 is 23.9 Å². The van der Waals surface area contributed by atoms with Crippen molar-refractivity contribution in [1.29, 1.82) is 0 Å². The summed E-state index contributed by atoms with van der Waals surface area (Å²) in [6.45, 7) is 2.23. The average molecular weight is 412 g/mol. The van der Waals surface area contributed by atoms with Crippen molar-refractivity contribution in [3.63, 3.8) is 0 Å². The van der Waals surface area contributed by atoms with Crippen LogP contribution in [0.1, 0.15) is 42.0 Å². The maximum atomic E-state index is 12.1. The number of esters is 1. The standard InChI is InChI=1S/C23H28N2O5/c1-15(20-13-21(20)16-9-11-18(27-2)12-10-16)24-30-14-17-7-5-6-8-19(17)22(25-29-4)23(26)28-3/h5-12,20-22,25H,13-14H2,1-4H3/b24-15+. The lowest BCUT2D eigenvalue weighted by Gasteiger charge is -2.18. The quantitative estimate of drug-likeness (QED) is 0.364. The summed E-state index contributed by atoms with van der Waals surface area (Å²) in [6, 6.07) is 14.9. The molecule has 0 saturated heterocycles. The number of oxime groups is 1. The Kier molecular flexibility index (Phi) is 7.43. The van der Waals surface area contributed by atoms with Gasteiger partial charge in [-0.3, -0.25) is 0 Å². The number of ether oxygens (including phenoxy) is 2. The zero-order valence-corrected chi connectivity index (χ0v) is 17.8. The van der Waals surface area contributed by atoms with E-state index >= 15 is 0 Å². The van der Waals surface area contributed by atoms with Gasteiger partial charge in [-0.05, 0) is 48.1 Å². The highest BCUT2D eigenvalue weighted by Gasteiger charge is 2.40. The van der Waals surface area contributed by atoms with Crippen LogP contribution in [0.5, 0.6) is 5.75 Å². The van der Waals surface area contributed by atoms with Gasteiger partial charge in [0.15, 0.2) is 6.04 Å². The van der Waals surface area contributed by atoms with E-state index in [-0.39, 0.29) is 6.61 Å². The van der Waals surface area contributed by atoms with Crippen molar-refractivity contribution in [2.24, 2.45) is 11.1 Å². The predicted octanol–water partition coefficient (Wildman–Crippen LogP) is 3.76. The Morgan fingerprint density at radius 1 is 1.13 bits per heavy atom. The maximum absolute atomic E-state index is 12.1. The summed E-state index contributed by atoms with van der Waals surface area (Å²) in [4.78, 5) is 22.7. The Morgan fingerprint density at radius 3 is 2.53 bits per heavy atom. The summed E-state index contributed by atoms with van der Waals surface area (Å²) in [5.74, 6) is 1.26. The summed E-state index contributed by atoms with van der Waals surface area (Å²) >= 11 is 0. The van der Waals surface area contributed by atoms with Crippen molar-refractivity contribution in [1.82, 2.24) is 5.48 Å². The zero-order chi connectivity index (χ0) is 21.5. The molecule has 0 amide bonds. The molecule has 160 valence electrons. The van der Waals surface area contributed by atoms with Crippen LogP contribution in [0.25, 0.3) is 0 Å². The summed E-state index contributed by atoms with van der Waals surface area (Å²) in [6.07, 6.45) is 1.06. The van der Waals surface area contributed by atoms with Gasteiger partial charge in [0.05, 0.1) is 27.0 Å². The Bertz CT molecular complexity index is 881. The van der Waals surface area contributed by atoms with Crippen molar-refractivity contribution in [2.75, 3.05) is 21.3 Å². The molecule has 7 heteroatoms. The fourth-order valence-electron chi connectivity index (χ4n) is 3.57. The molecule has 30 heavy (non-hydrogen) atoms. The van der Waals surface area contributed by atoms with Crippen molar-refractivity contribution >= 4 is 11.7 Å². The predicted molar refractivity (Wildman–Crippen MR) is 113 cm³/mol. The van der Waals surface area contributed by atoms with Crippen LogP contribution in [0.3, 0.4) is 0 Å². The van der Waals surface area contributed by atoms with Gasteiger partial charge in [-0.15, -0.1) is 0 Å². The number of carbonyl (C=O) groups excluding carboxylic acids is 1. The van der Waals surface area contributed by atoms with E-state index in [1.54, 1.807) is 7.11 Å². The van der Waals surface area contributed by atoms with Gasteiger partial charge in [0.25, 0.3) is 0 Å². The number of carbonyl (C=O) groups is 1. The van der Waals surface area contributed by atoms with Gasteiger partial charge < -0.3 is 19.1 Å². The van der Waals surface area contributed by atoms with Crippen LogP contribution >= 0.6 is 0 Å². The van der Waals surface area contributed by atoms with Gasteiger partial charge in [-0.1, -0.05) is 41.6 Å². The van der Waals surface area contributed by atoms with E-state index in [1.807, 2.05) is 43.3 Å². The van der Waals surface area contributed by atoms with Gasteiger partial charge in [0, 0.05) is 5.92 Å². The van der Waals surface area contributed by atoms with E-state index in [2.05, 4.69) is 22.8 Å². The molecular weight excluding hydrogens is 384 g/mol. The number of hydrogen-bond donors (Lipinski definition) is 1. The lowest BCUT2D eigenvalue weighted by Crippen LogP contribution is -2.29. The molecule has 3 atom stereocenters. The average Bonchev–Trinajstić information content (AvgIpc) is 3.58. The number of nitrogens with zero attached hydrogens (tertiary/aromatic N) is 1. The van der Waals surface area contributed by atoms with Crippen LogP contribution < -0.4 is 10.2 Å². The second-order valence-electron chi connectivity index (χ2n) is 7.20. The first kappa shape index (κ1) is 21.8. The third-order valence-electron chi connectivity index (χ3n) is 5.34. The van der Waals surface area contributed by atoms with Gasteiger partial charge in [0.2, 0.25) is 0 Å². The molecule has 1 fully saturated rings. The number of nitrogens with one attached hydrogen (secondary N) is 1. The normalized spacial score (nSPS) is 19.1. The summed E-state index contributed by atoms with van der Waals surface area (Å²) < 4.78 is 10.1. The molecule has 0 heterocycles. The third-order valence-corrected chi connectivity index (χ3v) is 5.34. The highest BCUT2D eigenvalue weighted by atomic mass is 16.6. The van der Waals surface area contributed by atoms with Crippen LogP contribution in [0, 0.1) is 5.92 Å². The maximum Gasteiger partial charge on any atom is 0.329 e. The first-order valence-corrected chi connectivity index (χ1v) is 9.83. The third kappa shape index (κ3) is 5.17. The SMILES string of the molecule is CONC(C(=O)OC)c1ccccc1CO/N=C(\C)C1CC1c1ccc(OC)cc1. The van der Waals surface area contributed by atoms with Gasteiger partial charge in [-0.25, -0.2) is 4.79 Å². The van der Waals surface area contributed by atoms with E-state index in [9.17, 15) is 4.79 Å². The highest BCUT2D eigenvalue weighted by molar-refractivity contribution is 5.87. The van der Waals surface area contributed by atoms with Crippen molar-refractivity contribution in [3.8, 4) is 5.75 Å². The monoisotopic (exact) mass is 412 g/mol. The minimum absolute atomic E-state index is 0.242. The largest absolute Gasteiger partial charge is 0.497 e. The Hall–Kier alpha value is -2.90. The molecule has 3 rings (SSSR count). The Balaban J connectivity index is 1.62. The summed E-state index contributed by atoms with van der Waals surface area (Å²) in [5.41, 5.74) is 6.48. The van der Waals surface area contributed by atoms with Crippen LogP contribution in [0.15, 0.2) is 53.7 Å². The molecule has 0 spiro atoms. The second kappa shape index (κ2) is 10.2. The number of methoxy groups -OCH3 is 2. The van der Waals surface area contributed by atoms with Gasteiger partial charge >= 0.3 is 5.97 Å². The van der Waals surface area contributed by atoms with E-state index < -0.39 is 12.0 Å². The fraction of sp³-hybridized carbons (Fsp3) is 0.391. The minimum atomic E-state index is -0.743. The first-order valence-electron chi connectivity index (χ1n) is 9.83. The first-order chi connectivity index (χ1) is 14.6. The molecular formula is C23H28N2O5. The van der Waals surface area contributed by atoms with E-state index in [0.29, 0.717) is 11.8 Å². The molecule has 2 aromatic rings. The molecule has 1 aliphatic rings. The minimum Gasteiger partial charge on any atom is -0.497 e. The summed E-state index contributed by atoms with van der Waals surface area (Å²) in [5, 5.41) is 4.33. The number of hydroxylamine groups is 1. The molecule has 0 radical (unpaired) electrons. The van der Waals surface area contributed by atoms with Crippen LogP contribution in [0.4, 0.5) is 0 Å². The fourth-order valence-corrected chi connectivity index (χ4v) is 3.57. The van der Waals surface area contributed by atoms with E-state index in [1.165, 1.54) is 19.8 Å². The van der Waals surface area contributed by atoms with Gasteiger partial charge in [0.1, 0.15) is 12.4 Å². The smallest absolute Gasteiger partial charge is 0.329 e. The van der Waals surface area contributed by atoms with Crippen LogP contribution in [-0.2, 0) is 25.8 Å². The lowest BCUT2D eigenvalue weighted by atomic mass is 10.0. The Morgan fingerprint density at radius 2 is 1.87 bits per heavy atom. The summed E-state index contributed by atoms with van der Waals surface area (Å²) in [7, 11) is 4.46.